The maximum atomic E-state index is 14.3. The molecule has 238 valence electrons. The van der Waals surface area contributed by atoms with Gasteiger partial charge in [0.15, 0.2) is 0 Å². The van der Waals surface area contributed by atoms with Gasteiger partial charge in [-0.1, -0.05) is 52.5 Å². The third kappa shape index (κ3) is 13.6. The number of alkyl carbamates (subject to hydrolysis) is 1. The molecule has 2 atom stereocenters. The molecule has 0 saturated carbocycles. The summed E-state index contributed by atoms with van der Waals surface area (Å²) in [7, 11) is 0. The number of ether oxygens (including phenoxy) is 2. The quantitative estimate of drug-likeness (QED) is 0.160. The summed E-state index contributed by atoms with van der Waals surface area (Å²) < 4.78 is 10.4. The van der Waals surface area contributed by atoms with Crippen LogP contribution in [0.1, 0.15) is 111 Å². The van der Waals surface area contributed by atoms with E-state index in [2.05, 4.69) is 17.6 Å². The number of hydrogen-bond donors (Lipinski definition) is 3. The lowest BCUT2D eigenvalue weighted by molar-refractivity contribution is -0.144. The van der Waals surface area contributed by atoms with Crippen molar-refractivity contribution in [3.05, 3.63) is 29.3 Å². The number of nitrogens with one attached hydrogen (secondary N) is 2. The molecule has 0 aliphatic rings. The van der Waals surface area contributed by atoms with Crippen LogP contribution in [0.25, 0.3) is 0 Å². The van der Waals surface area contributed by atoms with Gasteiger partial charge in [0, 0.05) is 13.1 Å². The van der Waals surface area contributed by atoms with Gasteiger partial charge in [-0.15, -0.1) is 0 Å². The first-order chi connectivity index (χ1) is 19.7. The van der Waals surface area contributed by atoms with Crippen molar-refractivity contribution in [2.45, 2.75) is 118 Å². The molecule has 1 rings (SSSR count). The predicted octanol–water partition coefficient (Wildman–Crippen LogP) is 5.55. The summed E-state index contributed by atoms with van der Waals surface area (Å²) >= 11 is 0. The Labute approximate surface area is 251 Å². The van der Waals surface area contributed by atoms with Crippen LogP contribution in [0.2, 0.25) is 0 Å². The molecule has 0 radical (unpaired) electrons. The first-order valence-electron chi connectivity index (χ1n) is 15.2. The number of benzene rings is 1. The Hall–Kier alpha value is -3.30. The number of carbonyl (C=O) groups excluding carboxylic acids is 4. The van der Waals surface area contributed by atoms with Gasteiger partial charge in [-0.05, 0) is 76.6 Å². The number of phenolic OH excluding ortho intramolecular Hbond substituents is 1. The zero-order valence-corrected chi connectivity index (χ0v) is 26.9. The van der Waals surface area contributed by atoms with E-state index in [0.29, 0.717) is 24.0 Å². The van der Waals surface area contributed by atoms with Crippen LogP contribution in [-0.2, 0) is 23.9 Å². The van der Waals surface area contributed by atoms with Crippen LogP contribution < -0.4 is 10.6 Å². The molecule has 0 aromatic heterocycles. The predicted molar refractivity (Wildman–Crippen MR) is 163 cm³/mol. The Bertz CT molecular complexity index is 1020. The first-order valence-corrected chi connectivity index (χ1v) is 15.2. The van der Waals surface area contributed by atoms with E-state index < -0.39 is 41.6 Å². The molecule has 3 amide bonds. The normalized spacial score (nSPS) is 12.8. The van der Waals surface area contributed by atoms with Crippen molar-refractivity contribution in [3.63, 3.8) is 0 Å². The molecule has 0 saturated heterocycles. The van der Waals surface area contributed by atoms with Crippen molar-refractivity contribution < 1.29 is 33.8 Å². The standard InChI is InChI=1S/C32H53N3O7/c1-9-11-12-13-14-19-35(30(39)25(20-22(3)4)34-31(40)42-32(6,7)8)28(24-15-16-26(36)23(5)21-24)29(38)33-18-17-27(37)41-10-2/h15-16,21-22,25,28,36H,9-14,17-20H2,1-8H3,(H,33,38)(H,34,40). The Kier molecular flexibility index (Phi) is 16.0. The minimum absolute atomic E-state index is 0.0119. The topological polar surface area (TPSA) is 134 Å². The summed E-state index contributed by atoms with van der Waals surface area (Å²) in [5.41, 5.74) is 0.318. The smallest absolute Gasteiger partial charge is 0.408 e. The van der Waals surface area contributed by atoms with Crippen LogP contribution in [0.3, 0.4) is 0 Å². The van der Waals surface area contributed by atoms with Crippen molar-refractivity contribution in [3.8, 4) is 5.75 Å². The van der Waals surface area contributed by atoms with Gasteiger partial charge in [0.05, 0.1) is 13.0 Å². The van der Waals surface area contributed by atoms with E-state index in [4.69, 9.17) is 9.47 Å². The SMILES string of the molecule is CCCCCCCN(C(=O)C(CC(C)C)NC(=O)OC(C)(C)C)C(C(=O)NCCC(=O)OCC)c1ccc(O)c(C)c1. The second-order valence-corrected chi connectivity index (χ2v) is 12.1. The molecular weight excluding hydrogens is 538 g/mol. The number of amides is 3. The fourth-order valence-electron chi connectivity index (χ4n) is 4.53. The van der Waals surface area contributed by atoms with Crippen molar-refractivity contribution in [1.82, 2.24) is 15.5 Å². The van der Waals surface area contributed by atoms with Crippen LogP contribution in [0.4, 0.5) is 4.79 Å². The van der Waals surface area contributed by atoms with Gasteiger partial charge in [-0.3, -0.25) is 14.4 Å². The molecule has 10 nitrogen and oxygen atoms in total. The minimum Gasteiger partial charge on any atom is -0.508 e. The highest BCUT2D eigenvalue weighted by Gasteiger charge is 2.36. The molecular formula is C32H53N3O7. The average molecular weight is 592 g/mol. The van der Waals surface area contributed by atoms with E-state index >= 15 is 0 Å². The third-order valence-electron chi connectivity index (χ3n) is 6.51. The van der Waals surface area contributed by atoms with E-state index in [1.54, 1.807) is 46.8 Å². The Morgan fingerprint density at radius 2 is 1.69 bits per heavy atom. The number of hydrogen-bond acceptors (Lipinski definition) is 7. The molecule has 3 N–H and O–H groups in total. The average Bonchev–Trinajstić information content (AvgIpc) is 2.87. The summed E-state index contributed by atoms with van der Waals surface area (Å²) in [4.78, 5) is 54.3. The molecule has 0 aliphatic heterocycles. The zero-order valence-electron chi connectivity index (χ0n) is 26.9. The summed E-state index contributed by atoms with van der Waals surface area (Å²) in [5.74, 6) is -1.17. The van der Waals surface area contributed by atoms with Crippen molar-refractivity contribution in [2.24, 2.45) is 5.92 Å². The number of esters is 1. The number of carbonyl (C=O) groups is 4. The van der Waals surface area contributed by atoms with Gasteiger partial charge in [-0.2, -0.15) is 0 Å². The summed E-state index contributed by atoms with van der Waals surface area (Å²) in [6.07, 6.45) is 4.29. The largest absolute Gasteiger partial charge is 0.508 e. The maximum Gasteiger partial charge on any atom is 0.408 e. The molecule has 1 aromatic carbocycles. The molecule has 0 fully saturated rings. The summed E-state index contributed by atoms with van der Waals surface area (Å²) in [6.45, 7) is 15.3. The number of rotatable bonds is 17. The fraction of sp³-hybridized carbons (Fsp3) is 0.688. The second kappa shape index (κ2) is 18.3. The van der Waals surface area contributed by atoms with Crippen molar-refractivity contribution >= 4 is 23.9 Å². The van der Waals surface area contributed by atoms with Crippen LogP contribution in [0.5, 0.6) is 5.75 Å². The lowest BCUT2D eigenvalue weighted by Gasteiger charge is -2.35. The fourth-order valence-corrected chi connectivity index (χ4v) is 4.53. The van der Waals surface area contributed by atoms with Gasteiger partial charge >= 0.3 is 12.1 Å². The second-order valence-electron chi connectivity index (χ2n) is 12.1. The molecule has 2 unspecified atom stereocenters. The zero-order chi connectivity index (χ0) is 31.9. The molecule has 1 aromatic rings. The highest BCUT2D eigenvalue weighted by Crippen LogP contribution is 2.28. The Morgan fingerprint density at radius 3 is 2.26 bits per heavy atom. The van der Waals surface area contributed by atoms with E-state index in [-0.39, 0.29) is 37.8 Å². The van der Waals surface area contributed by atoms with Gasteiger partial charge in [-0.25, -0.2) is 4.79 Å². The molecule has 0 spiro atoms. The van der Waals surface area contributed by atoms with Gasteiger partial charge in [0.1, 0.15) is 23.4 Å². The first kappa shape index (κ1) is 36.7. The van der Waals surface area contributed by atoms with Crippen LogP contribution >= 0.6 is 0 Å². The monoisotopic (exact) mass is 591 g/mol. The van der Waals surface area contributed by atoms with Crippen molar-refractivity contribution in [1.29, 1.82) is 0 Å². The molecule has 0 bridgehead atoms. The third-order valence-corrected chi connectivity index (χ3v) is 6.51. The minimum atomic E-state index is -1.06. The molecule has 10 heteroatoms. The summed E-state index contributed by atoms with van der Waals surface area (Å²) in [6, 6.07) is 2.82. The molecule has 0 heterocycles. The van der Waals surface area contributed by atoms with Crippen LogP contribution in [0.15, 0.2) is 18.2 Å². The molecule has 42 heavy (non-hydrogen) atoms. The van der Waals surface area contributed by atoms with E-state index in [1.165, 1.54) is 11.0 Å². The highest BCUT2D eigenvalue weighted by molar-refractivity contribution is 5.92. The lowest BCUT2D eigenvalue weighted by atomic mass is 9.97. The van der Waals surface area contributed by atoms with Gasteiger partial charge < -0.3 is 30.1 Å². The Morgan fingerprint density at radius 1 is 1.02 bits per heavy atom. The number of unbranched alkanes of at least 4 members (excludes halogenated alkanes) is 4. The number of nitrogens with zero attached hydrogens (tertiary/aromatic N) is 1. The van der Waals surface area contributed by atoms with Crippen LogP contribution in [0, 0.1) is 12.8 Å². The summed E-state index contributed by atoms with van der Waals surface area (Å²) in [5, 5.41) is 15.7. The van der Waals surface area contributed by atoms with Crippen LogP contribution in [-0.4, -0.2) is 65.2 Å². The van der Waals surface area contributed by atoms with E-state index in [1.807, 2.05) is 13.8 Å². The number of aromatic hydroxyl groups is 1. The Balaban J connectivity index is 3.49. The highest BCUT2D eigenvalue weighted by atomic mass is 16.6. The number of aryl methyl sites for hydroxylation is 1. The maximum absolute atomic E-state index is 14.3. The number of phenols is 1. The van der Waals surface area contributed by atoms with Gasteiger partial charge in [0.2, 0.25) is 11.8 Å². The molecule has 0 aliphatic carbocycles. The lowest BCUT2D eigenvalue weighted by Crippen LogP contribution is -2.53. The van der Waals surface area contributed by atoms with Gasteiger partial charge in [0.25, 0.3) is 0 Å². The van der Waals surface area contributed by atoms with Crippen molar-refractivity contribution in [2.75, 3.05) is 19.7 Å². The van der Waals surface area contributed by atoms with E-state index in [0.717, 1.165) is 25.7 Å². The van der Waals surface area contributed by atoms with E-state index in [9.17, 15) is 24.3 Å².